The van der Waals surface area contributed by atoms with Gasteiger partial charge in [0.25, 0.3) is 0 Å². The van der Waals surface area contributed by atoms with E-state index in [0.29, 0.717) is 11.5 Å². The average Bonchev–Trinajstić information content (AvgIpc) is 3.63. The Morgan fingerprint density at radius 3 is 2.21 bits per heavy atom. The first kappa shape index (κ1) is 16.9. The first-order valence-corrected chi connectivity index (χ1v) is 10.9. The van der Waals surface area contributed by atoms with Crippen molar-refractivity contribution in [3.05, 3.63) is 35.7 Å². The molecule has 2 aromatic rings. The molecule has 1 unspecified atom stereocenters. The normalized spacial score (nSPS) is 26.1. The smallest absolute Gasteiger partial charge is 0.229 e. The summed E-state index contributed by atoms with van der Waals surface area (Å²) in [6.45, 7) is 2.03. The highest BCUT2D eigenvalue weighted by Gasteiger charge is 2.52. The van der Waals surface area contributed by atoms with Crippen molar-refractivity contribution < 1.29 is 0 Å². The maximum Gasteiger partial charge on any atom is 0.229 e. The lowest BCUT2D eigenvalue weighted by Gasteiger charge is -2.22. The van der Waals surface area contributed by atoms with Crippen LogP contribution in [-0.2, 0) is 10.8 Å². The first-order valence-electron chi connectivity index (χ1n) is 10.9. The topological polar surface area (TPSA) is 45.2 Å². The van der Waals surface area contributed by atoms with Gasteiger partial charge < -0.3 is 9.80 Å². The van der Waals surface area contributed by atoms with Crippen molar-refractivity contribution in [2.45, 2.75) is 61.8 Å². The Morgan fingerprint density at radius 2 is 1.57 bits per heavy atom. The minimum absolute atomic E-state index is 0.202. The van der Waals surface area contributed by atoms with Gasteiger partial charge in [-0.3, -0.25) is 0 Å². The lowest BCUT2D eigenvalue weighted by Crippen LogP contribution is -2.32. The molecule has 1 saturated heterocycles. The molecule has 0 amide bonds. The van der Waals surface area contributed by atoms with Gasteiger partial charge in [-0.05, 0) is 70.0 Å². The summed E-state index contributed by atoms with van der Waals surface area (Å²) >= 11 is 0. The van der Waals surface area contributed by atoms with Crippen LogP contribution >= 0.6 is 0 Å². The lowest BCUT2D eigenvalue weighted by atomic mass is 9.86. The predicted molar refractivity (Wildman–Crippen MR) is 111 cm³/mol. The van der Waals surface area contributed by atoms with Crippen LogP contribution in [0.2, 0.25) is 0 Å². The van der Waals surface area contributed by atoms with E-state index in [1.54, 1.807) is 0 Å². The third-order valence-corrected chi connectivity index (χ3v) is 7.82. The van der Waals surface area contributed by atoms with Crippen LogP contribution in [0.25, 0.3) is 11.4 Å². The van der Waals surface area contributed by atoms with Gasteiger partial charge in [0.2, 0.25) is 5.95 Å². The zero-order chi connectivity index (χ0) is 18.9. The Kier molecular flexibility index (Phi) is 3.47. The Balaban J connectivity index is 1.44. The van der Waals surface area contributed by atoms with Gasteiger partial charge in [-0.15, -0.1) is 0 Å². The number of fused-ring (bicyclic) bond motifs is 3. The Bertz CT molecular complexity index is 911. The molecule has 0 N–H and O–H groups in total. The number of aromatic nitrogens is 3. The lowest BCUT2D eigenvalue weighted by molar-refractivity contribution is 0.315. The van der Waals surface area contributed by atoms with E-state index in [4.69, 9.17) is 15.0 Å². The molecule has 4 bridgehead atoms. The van der Waals surface area contributed by atoms with Crippen molar-refractivity contribution in [3.8, 4) is 11.4 Å². The monoisotopic (exact) mass is 375 g/mol. The molecular formula is C23H29N5. The van der Waals surface area contributed by atoms with Crippen LogP contribution in [0.4, 0.5) is 5.95 Å². The van der Waals surface area contributed by atoms with Gasteiger partial charge in [0.15, 0.2) is 5.82 Å². The summed E-state index contributed by atoms with van der Waals surface area (Å²) in [7, 11) is 4.34. The molecule has 5 nitrogen and oxygen atoms in total. The summed E-state index contributed by atoms with van der Waals surface area (Å²) < 4.78 is 0. The van der Waals surface area contributed by atoms with E-state index in [1.807, 2.05) is 0 Å². The number of benzene rings is 1. The molecule has 7 rings (SSSR count). The number of nitrogens with zero attached hydrogens (tertiary/aromatic N) is 5. The maximum atomic E-state index is 5.07. The second kappa shape index (κ2) is 5.76. The number of rotatable bonds is 2. The minimum atomic E-state index is 0.202. The van der Waals surface area contributed by atoms with Crippen molar-refractivity contribution in [2.75, 3.05) is 32.1 Å². The zero-order valence-electron chi connectivity index (χ0n) is 17.0. The number of anilines is 1. The van der Waals surface area contributed by atoms with Crippen molar-refractivity contribution in [1.29, 1.82) is 0 Å². The standard InChI is InChI=1S/C23H29N5/c1-27(2)18-7-14-28(15-18)21-25-19-16-3-5-17(6-4-16)22(8-9-22)10-11-23(12-13-23)20(24-19)26-21/h3-6,18H,7-15H2,1-2H3. The van der Waals surface area contributed by atoms with E-state index in [-0.39, 0.29) is 5.41 Å². The fourth-order valence-corrected chi connectivity index (χ4v) is 5.24. The van der Waals surface area contributed by atoms with Gasteiger partial charge in [0, 0.05) is 30.1 Å². The second-order valence-electron chi connectivity index (χ2n) is 9.77. The van der Waals surface area contributed by atoms with Crippen LogP contribution in [0.15, 0.2) is 24.3 Å². The molecule has 0 radical (unpaired) electrons. The van der Waals surface area contributed by atoms with Gasteiger partial charge >= 0.3 is 0 Å². The highest BCUT2D eigenvalue weighted by molar-refractivity contribution is 5.58. The summed E-state index contributed by atoms with van der Waals surface area (Å²) in [5.74, 6) is 2.80. The molecule has 2 saturated carbocycles. The van der Waals surface area contributed by atoms with E-state index < -0.39 is 0 Å². The quantitative estimate of drug-likeness (QED) is 0.803. The third kappa shape index (κ3) is 2.59. The van der Waals surface area contributed by atoms with Crippen LogP contribution in [0.5, 0.6) is 0 Å². The van der Waals surface area contributed by atoms with Crippen LogP contribution < -0.4 is 4.90 Å². The van der Waals surface area contributed by atoms with Crippen molar-refractivity contribution in [1.82, 2.24) is 19.9 Å². The highest BCUT2D eigenvalue weighted by atomic mass is 15.3. The third-order valence-electron chi connectivity index (χ3n) is 7.82. The molecule has 1 aromatic carbocycles. The Morgan fingerprint density at radius 1 is 0.893 bits per heavy atom. The number of likely N-dealkylation sites (N-methyl/N-ethyl adjacent to an activating group) is 1. The van der Waals surface area contributed by atoms with E-state index in [1.165, 1.54) is 50.5 Å². The van der Waals surface area contributed by atoms with Crippen LogP contribution in [0.1, 0.15) is 56.3 Å². The molecule has 1 aromatic heterocycles. The molecule has 5 heteroatoms. The summed E-state index contributed by atoms with van der Waals surface area (Å²) in [5.41, 5.74) is 3.28. The molecule has 28 heavy (non-hydrogen) atoms. The van der Waals surface area contributed by atoms with E-state index in [0.717, 1.165) is 36.3 Å². The minimum Gasteiger partial charge on any atom is -0.339 e. The summed E-state index contributed by atoms with van der Waals surface area (Å²) in [4.78, 5) is 19.7. The van der Waals surface area contributed by atoms with Gasteiger partial charge in [-0.1, -0.05) is 24.3 Å². The van der Waals surface area contributed by atoms with Gasteiger partial charge in [-0.2, -0.15) is 9.97 Å². The Hall–Kier alpha value is -2.01. The van der Waals surface area contributed by atoms with E-state index >= 15 is 0 Å². The Labute approximate surface area is 167 Å². The molecule has 2 aliphatic carbocycles. The van der Waals surface area contributed by atoms with Crippen LogP contribution in [0, 0.1) is 0 Å². The predicted octanol–water partition coefficient (Wildman–Crippen LogP) is 3.54. The molecule has 1 atom stereocenters. The molecule has 4 heterocycles. The van der Waals surface area contributed by atoms with E-state index in [9.17, 15) is 0 Å². The maximum absolute atomic E-state index is 5.07. The van der Waals surface area contributed by atoms with Gasteiger partial charge in [0.05, 0.1) is 0 Å². The fourth-order valence-electron chi connectivity index (χ4n) is 5.24. The average molecular weight is 376 g/mol. The van der Waals surface area contributed by atoms with Gasteiger partial charge in [0.1, 0.15) is 5.82 Å². The SMILES string of the molecule is CN(C)C1CCN(c2nc3nc(n2)C2(CCC4(CC4)c4ccc-3cc4)CC2)C1. The molecule has 5 aliphatic rings. The number of hydrogen-bond acceptors (Lipinski definition) is 5. The van der Waals surface area contributed by atoms with E-state index in [2.05, 4.69) is 48.2 Å². The van der Waals surface area contributed by atoms with Crippen LogP contribution in [-0.4, -0.2) is 53.1 Å². The number of hydrogen-bond donors (Lipinski definition) is 0. The highest BCUT2D eigenvalue weighted by Crippen LogP contribution is 2.58. The summed E-state index contributed by atoms with van der Waals surface area (Å²) in [6.07, 6.45) is 8.81. The summed E-state index contributed by atoms with van der Waals surface area (Å²) in [5, 5.41) is 0. The summed E-state index contributed by atoms with van der Waals surface area (Å²) in [6, 6.07) is 9.70. The zero-order valence-corrected chi connectivity index (χ0v) is 17.0. The van der Waals surface area contributed by atoms with Gasteiger partial charge in [-0.25, -0.2) is 4.98 Å². The van der Waals surface area contributed by atoms with Crippen molar-refractivity contribution in [2.24, 2.45) is 0 Å². The fraction of sp³-hybridized carbons (Fsp3) is 0.609. The second-order valence-corrected chi connectivity index (χ2v) is 9.77. The molecule has 3 fully saturated rings. The molecule has 3 aliphatic heterocycles. The van der Waals surface area contributed by atoms with Crippen molar-refractivity contribution >= 4 is 5.95 Å². The molecular weight excluding hydrogens is 346 g/mol. The van der Waals surface area contributed by atoms with Crippen molar-refractivity contribution in [3.63, 3.8) is 0 Å². The largest absolute Gasteiger partial charge is 0.339 e. The molecule has 2 spiro atoms. The molecule has 146 valence electrons. The first-order chi connectivity index (χ1) is 13.6. The van der Waals surface area contributed by atoms with Crippen LogP contribution in [0.3, 0.4) is 0 Å².